The van der Waals surface area contributed by atoms with Gasteiger partial charge in [0.25, 0.3) is 0 Å². The molecule has 1 aromatic carbocycles. The van der Waals surface area contributed by atoms with E-state index in [0.717, 1.165) is 24.1 Å². The average molecular weight is 305 g/mol. The highest BCUT2D eigenvalue weighted by Crippen LogP contribution is 2.14. The Labute approximate surface area is 110 Å². The molecule has 2 N–H and O–H groups in total. The van der Waals surface area contributed by atoms with Crippen molar-refractivity contribution in [3.63, 3.8) is 0 Å². The van der Waals surface area contributed by atoms with Crippen molar-refractivity contribution < 1.29 is 9.13 Å². The molecule has 3 nitrogen and oxygen atoms in total. The summed E-state index contributed by atoms with van der Waals surface area (Å²) < 4.78 is 19.1. The van der Waals surface area contributed by atoms with Crippen LogP contribution < -0.4 is 10.6 Å². The van der Waals surface area contributed by atoms with Crippen LogP contribution in [0.2, 0.25) is 0 Å². The molecule has 0 heterocycles. The number of benzene rings is 1. The summed E-state index contributed by atoms with van der Waals surface area (Å²) in [5.74, 6) is -0.181. The molecule has 0 unspecified atom stereocenters. The van der Waals surface area contributed by atoms with Crippen LogP contribution in [0.5, 0.6) is 0 Å². The van der Waals surface area contributed by atoms with Crippen LogP contribution in [-0.2, 0) is 11.3 Å². The molecule has 0 aliphatic carbocycles. The van der Waals surface area contributed by atoms with E-state index in [1.807, 2.05) is 6.07 Å². The molecule has 1 aromatic rings. The number of ether oxygens (including phenoxy) is 1. The number of halogens is 2. The number of rotatable bonds is 8. The van der Waals surface area contributed by atoms with Crippen molar-refractivity contribution in [2.24, 2.45) is 0 Å². The van der Waals surface area contributed by atoms with Gasteiger partial charge in [-0.15, -0.1) is 0 Å². The monoisotopic (exact) mass is 304 g/mol. The number of hydrogen-bond acceptors (Lipinski definition) is 3. The highest BCUT2D eigenvalue weighted by molar-refractivity contribution is 9.10. The molecule has 0 saturated carbocycles. The van der Waals surface area contributed by atoms with Crippen LogP contribution in [-0.4, -0.2) is 33.4 Å². The fourth-order valence-electron chi connectivity index (χ4n) is 1.36. The van der Waals surface area contributed by atoms with Gasteiger partial charge in [0.2, 0.25) is 0 Å². The Morgan fingerprint density at radius 3 is 2.71 bits per heavy atom. The molecule has 0 fully saturated rings. The third kappa shape index (κ3) is 6.12. The van der Waals surface area contributed by atoms with Crippen molar-refractivity contribution in [1.82, 2.24) is 10.6 Å². The molecule has 0 amide bonds. The largest absolute Gasteiger partial charge is 0.383 e. The smallest absolute Gasteiger partial charge is 0.128 e. The molecule has 0 radical (unpaired) electrons. The van der Waals surface area contributed by atoms with Crippen LogP contribution >= 0.6 is 15.9 Å². The first-order chi connectivity index (χ1) is 8.24. The molecule has 0 aromatic heterocycles. The lowest BCUT2D eigenvalue weighted by Gasteiger charge is -2.07. The Balaban J connectivity index is 2.14. The van der Waals surface area contributed by atoms with Gasteiger partial charge in [0.05, 0.1) is 6.61 Å². The summed E-state index contributed by atoms with van der Waals surface area (Å²) in [6, 6.07) is 5.11. The minimum absolute atomic E-state index is 0.181. The van der Waals surface area contributed by atoms with Gasteiger partial charge < -0.3 is 15.4 Å². The van der Waals surface area contributed by atoms with E-state index in [4.69, 9.17) is 4.74 Å². The lowest BCUT2D eigenvalue weighted by Crippen LogP contribution is -2.29. The lowest BCUT2D eigenvalue weighted by atomic mass is 10.2. The fraction of sp³-hybridized carbons (Fsp3) is 0.500. The molecule has 5 heteroatoms. The Kier molecular flexibility index (Phi) is 7.35. The topological polar surface area (TPSA) is 33.3 Å². The minimum atomic E-state index is -0.181. The maximum atomic E-state index is 13.4. The molecular formula is C12H18BrFN2O. The predicted octanol–water partition coefficient (Wildman–Crippen LogP) is 1.91. The van der Waals surface area contributed by atoms with Crippen LogP contribution in [0.1, 0.15) is 5.56 Å². The standard InChI is InChI=1S/C12H18BrFN2O/c1-17-7-6-15-4-5-16-9-10-2-3-11(13)8-12(10)14/h2-3,8,15-16H,4-7,9H2,1H3. The van der Waals surface area contributed by atoms with Gasteiger partial charge in [-0.2, -0.15) is 0 Å². The maximum Gasteiger partial charge on any atom is 0.128 e. The first kappa shape index (κ1) is 14.6. The van der Waals surface area contributed by atoms with Gasteiger partial charge in [0.15, 0.2) is 0 Å². The van der Waals surface area contributed by atoms with E-state index in [0.29, 0.717) is 18.7 Å². The van der Waals surface area contributed by atoms with Gasteiger partial charge >= 0.3 is 0 Å². The van der Waals surface area contributed by atoms with Crippen molar-refractivity contribution in [2.75, 3.05) is 33.4 Å². The number of methoxy groups -OCH3 is 1. The number of nitrogens with one attached hydrogen (secondary N) is 2. The van der Waals surface area contributed by atoms with E-state index < -0.39 is 0 Å². The van der Waals surface area contributed by atoms with Crippen molar-refractivity contribution >= 4 is 15.9 Å². The highest BCUT2D eigenvalue weighted by Gasteiger charge is 2.01. The molecule has 0 spiro atoms. The molecule has 0 aliphatic rings. The summed E-state index contributed by atoms with van der Waals surface area (Å²) in [5.41, 5.74) is 0.685. The lowest BCUT2D eigenvalue weighted by molar-refractivity contribution is 0.199. The van der Waals surface area contributed by atoms with Crippen molar-refractivity contribution in [2.45, 2.75) is 6.54 Å². The Hall–Kier alpha value is -0.490. The van der Waals surface area contributed by atoms with E-state index in [9.17, 15) is 4.39 Å². The number of hydrogen-bond donors (Lipinski definition) is 2. The summed E-state index contributed by atoms with van der Waals surface area (Å²) in [7, 11) is 1.68. The fourth-order valence-corrected chi connectivity index (χ4v) is 1.70. The van der Waals surface area contributed by atoms with Crippen LogP contribution in [0.25, 0.3) is 0 Å². The van der Waals surface area contributed by atoms with E-state index in [2.05, 4.69) is 26.6 Å². The van der Waals surface area contributed by atoms with Crippen molar-refractivity contribution in [3.05, 3.63) is 34.1 Å². The summed E-state index contributed by atoms with van der Waals surface area (Å²) in [5, 5.41) is 6.39. The van der Waals surface area contributed by atoms with Gasteiger partial charge in [-0.05, 0) is 12.1 Å². The minimum Gasteiger partial charge on any atom is -0.383 e. The zero-order valence-electron chi connectivity index (χ0n) is 9.93. The summed E-state index contributed by atoms with van der Waals surface area (Å²) in [6.07, 6.45) is 0. The molecule has 0 aliphatic heterocycles. The second kappa shape index (κ2) is 8.58. The van der Waals surface area contributed by atoms with E-state index in [1.165, 1.54) is 6.07 Å². The van der Waals surface area contributed by atoms with E-state index >= 15 is 0 Å². The first-order valence-electron chi connectivity index (χ1n) is 5.58. The molecule has 96 valence electrons. The van der Waals surface area contributed by atoms with Crippen LogP contribution in [0.4, 0.5) is 4.39 Å². The summed E-state index contributed by atoms with van der Waals surface area (Å²) >= 11 is 3.23. The van der Waals surface area contributed by atoms with Gasteiger partial charge in [-0.1, -0.05) is 22.0 Å². The first-order valence-corrected chi connectivity index (χ1v) is 6.37. The third-order valence-corrected chi connectivity index (χ3v) is 2.79. The SMILES string of the molecule is COCCNCCNCc1ccc(Br)cc1F. The van der Waals surface area contributed by atoms with Crippen molar-refractivity contribution in [1.29, 1.82) is 0 Å². The summed E-state index contributed by atoms with van der Waals surface area (Å²) in [4.78, 5) is 0. The maximum absolute atomic E-state index is 13.4. The Bertz CT molecular complexity index is 336. The predicted molar refractivity (Wildman–Crippen MR) is 70.6 cm³/mol. The molecule has 17 heavy (non-hydrogen) atoms. The second-order valence-electron chi connectivity index (χ2n) is 3.66. The van der Waals surface area contributed by atoms with Gasteiger partial charge in [-0.25, -0.2) is 4.39 Å². The zero-order valence-corrected chi connectivity index (χ0v) is 11.5. The second-order valence-corrected chi connectivity index (χ2v) is 4.57. The molecule has 1 rings (SSSR count). The molecule has 0 atom stereocenters. The van der Waals surface area contributed by atoms with E-state index in [1.54, 1.807) is 13.2 Å². The normalized spacial score (nSPS) is 10.8. The Morgan fingerprint density at radius 1 is 1.24 bits per heavy atom. The van der Waals surface area contributed by atoms with Crippen LogP contribution in [0.15, 0.2) is 22.7 Å². The molecule has 0 bridgehead atoms. The molecular weight excluding hydrogens is 287 g/mol. The highest BCUT2D eigenvalue weighted by atomic mass is 79.9. The third-order valence-electron chi connectivity index (χ3n) is 2.29. The summed E-state index contributed by atoms with van der Waals surface area (Å²) in [6.45, 7) is 3.75. The Morgan fingerprint density at radius 2 is 2.00 bits per heavy atom. The van der Waals surface area contributed by atoms with Gasteiger partial charge in [-0.3, -0.25) is 0 Å². The molecule has 0 saturated heterocycles. The quantitative estimate of drug-likeness (QED) is 0.720. The van der Waals surface area contributed by atoms with Crippen LogP contribution in [0.3, 0.4) is 0 Å². The van der Waals surface area contributed by atoms with Crippen LogP contribution in [0, 0.1) is 5.82 Å². The van der Waals surface area contributed by atoms with Gasteiger partial charge in [0, 0.05) is 43.3 Å². The average Bonchev–Trinajstić information content (AvgIpc) is 2.30. The van der Waals surface area contributed by atoms with E-state index in [-0.39, 0.29) is 5.82 Å². The van der Waals surface area contributed by atoms with Crippen molar-refractivity contribution in [3.8, 4) is 0 Å². The van der Waals surface area contributed by atoms with Gasteiger partial charge in [0.1, 0.15) is 5.82 Å². The zero-order chi connectivity index (χ0) is 12.5.